The number of ether oxygens (including phenoxy) is 1. The van der Waals surface area contributed by atoms with Crippen molar-refractivity contribution < 1.29 is 9.15 Å². The van der Waals surface area contributed by atoms with Gasteiger partial charge in [0.15, 0.2) is 0 Å². The van der Waals surface area contributed by atoms with Crippen molar-refractivity contribution in [3.05, 3.63) is 66.1 Å². The van der Waals surface area contributed by atoms with Crippen LogP contribution >= 0.6 is 0 Å². The summed E-state index contributed by atoms with van der Waals surface area (Å²) in [6.07, 6.45) is 2.70. The van der Waals surface area contributed by atoms with Crippen LogP contribution < -0.4 is 4.74 Å². The monoisotopic (exact) mass is 308 g/mol. The summed E-state index contributed by atoms with van der Waals surface area (Å²) in [4.78, 5) is 0. The molecule has 0 N–H and O–H groups in total. The van der Waals surface area contributed by atoms with Crippen LogP contribution in [0.4, 0.5) is 0 Å². The summed E-state index contributed by atoms with van der Waals surface area (Å²) < 4.78 is 11.4. The van der Waals surface area contributed by atoms with Gasteiger partial charge in [0, 0.05) is 18.4 Å². The van der Waals surface area contributed by atoms with Gasteiger partial charge in [-0.05, 0) is 36.2 Å². The zero-order chi connectivity index (χ0) is 15.9. The number of aromatic nitrogens is 2. The normalized spacial score (nSPS) is 10.7. The molecule has 118 valence electrons. The third-order valence-electron chi connectivity index (χ3n) is 3.53. The Labute approximate surface area is 136 Å². The molecule has 0 saturated heterocycles. The van der Waals surface area contributed by atoms with Crippen LogP contribution in [0.15, 0.2) is 59.0 Å². The van der Waals surface area contributed by atoms with Crippen LogP contribution in [0.25, 0.3) is 11.5 Å². The van der Waals surface area contributed by atoms with Crippen molar-refractivity contribution >= 4 is 0 Å². The smallest absolute Gasteiger partial charge is 0.247 e. The minimum Gasteiger partial charge on any atom is -0.493 e. The van der Waals surface area contributed by atoms with E-state index in [0.29, 0.717) is 18.4 Å². The van der Waals surface area contributed by atoms with Crippen LogP contribution in [-0.2, 0) is 12.8 Å². The van der Waals surface area contributed by atoms with Crippen LogP contribution in [0, 0.1) is 0 Å². The van der Waals surface area contributed by atoms with Gasteiger partial charge in [0.05, 0.1) is 6.61 Å². The summed E-state index contributed by atoms with van der Waals surface area (Å²) in [6.45, 7) is 2.75. The Morgan fingerprint density at radius 1 is 0.913 bits per heavy atom. The minimum absolute atomic E-state index is 0.560. The van der Waals surface area contributed by atoms with Crippen LogP contribution in [0.2, 0.25) is 0 Å². The molecular weight excluding hydrogens is 288 g/mol. The number of hydrogen-bond donors (Lipinski definition) is 0. The lowest BCUT2D eigenvalue weighted by Crippen LogP contribution is -2.00. The van der Waals surface area contributed by atoms with E-state index in [9.17, 15) is 0 Å². The number of benzene rings is 2. The van der Waals surface area contributed by atoms with E-state index in [4.69, 9.17) is 9.15 Å². The average Bonchev–Trinajstić information content (AvgIpc) is 3.06. The van der Waals surface area contributed by atoms with Gasteiger partial charge in [-0.1, -0.05) is 37.3 Å². The van der Waals surface area contributed by atoms with E-state index >= 15 is 0 Å². The third kappa shape index (κ3) is 4.19. The summed E-state index contributed by atoms with van der Waals surface area (Å²) in [7, 11) is 0. The molecule has 0 atom stereocenters. The fourth-order valence-corrected chi connectivity index (χ4v) is 2.31. The van der Waals surface area contributed by atoms with Gasteiger partial charge in [-0.2, -0.15) is 0 Å². The minimum atomic E-state index is 0.560. The van der Waals surface area contributed by atoms with Crippen LogP contribution in [0.3, 0.4) is 0 Å². The van der Waals surface area contributed by atoms with Crippen molar-refractivity contribution in [2.75, 3.05) is 6.61 Å². The van der Waals surface area contributed by atoms with Gasteiger partial charge in [0.25, 0.3) is 0 Å². The third-order valence-corrected chi connectivity index (χ3v) is 3.53. The first-order chi connectivity index (χ1) is 11.3. The lowest BCUT2D eigenvalue weighted by atomic mass is 10.2. The molecule has 4 heteroatoms. The van der Waals surface area contributed by atoms with Gasteiger partial charge in [-0.3, -0.25) is 0 Å². The van der Waals surface area contributed by atoms with Crippen molar-refractivity contribution in [1.29, 1.82) is 0 Å². The molecule has 3 rings (SSSR count). The summed E-state index contributed by atoms with van der Waals surface area (Å²) in [5.74, 6) is 2.09. The van der Waals surface area contributed by atoms with Crippen molar-refractivity contribution in [3.63, 3.8) is 0 Å². The lowest BCUT2D eigenvalue weighted by molar-refractivity contribution is 0.322. The maximum Gasteiger partial charge on any atom is 0.247 e. The largest absolute Gasteiger partial charge is 0.493 e. The summed E-state index contributed by atoms with van der Waals surface area (Å²) >= 11 is 0. The Hall–Kier alpha value is -2.62. The Balaban J connectivity index is 1.56. The van der Waals surface area contributed by atoms with E-state index < -0.39 is 0 Å². The van der Waals surface area contributed by atoms with Gasteiger partial charge in [0.1, 0.15) is 5.75 Å². The molecule has 0 saturated carbocycles. The predicted molar refractivity (Wildman–Crippen MR) is 89.4 cm³/mol. The average molecular weight is 308 g/mol. The fourth-order valence-electron chi connectivity index (χ4n) is 2.31. The molecule has 0 unspecified atom stereocenters. The molecule has 0 aliphatic carbocycles. The van der Waals surface area contributed by atoms with E-state index in [1.54, 1.807) is 0 Å². The number of nitrogens with zero attached hydrogens (tertiary/aromatic N) is 2. The Kier molecular flexibility index (Phi) is 5.04. The number of rotatable bonds is 7. The summed E-state index contributed by atoms with van der Waals surface area (Å²) in [5, 5.41) is 8.12. The van der Waals surface area contributed by atoms with Crippen LogP contribution in [0.1, 0.15) is 24.8 Å². The standard InChI is InChI=1S/C19H20N2O2/c1-2-6-18-20-21-19(23-18)16-9-11-17(12-10-16)22-14-13-15-7-4-3-5-8-15/h3-5,7-12H,2,6,13-14H2,1H3. The van der Waals surface area contributed by atoms with E-state index in [1.165, 1.54) is 5.56 Å². The van der Waals surface area contributed by atoms with E-state index in [-0.39, 0.29) is 0 Å². The summed E-state index contributed by atoms with van der Waals surface area (Å²) in [5.41, 5.74) is 2.19. The molecule has 0 bridgehead atoms. The number of aryl methyl sites for hydroxylation is 1. The first kappa shape index (κ1) is 15.3. The van der Waals surface area contributed by atoms with Crippen molar-refractivity contribution in [3.8, 4) is 17.2 Å². The highest BCUT2D eigenvalue weighted by molar-refractivity contribution is 5.53. The number of hydrogen-bond acceptors (Lipinski definition) is 4. The molecule has 2 aromatic carbocycles. The molecule has 1 aromatic heterocycles. The van der Waals surface area contributed by atoms with Crippen LogP contribution in [-0.4, -0.2) is 16.8 Å². The van der Waals surface area contributed by atoms with Gasteiger partial charge in [0.2, 0.25) is 11.8 Å². The molecule has 0 aliphatic heterocycles. The van der Waals surface area contributed by atoms with Gasteiger partial charge < -0.3 is 9.15 Å². The Morgan fingerprint density at radius 3 is 2.43 bits per heavy atom. The molecular formula is C19H20N2O2. The molecule has 0 radical (unpaired) electrons. The Bertz CT molecular complexity index is 721. The fraction of sp³-hybridized carbons (Fsp3) is 0.263. The highest BCUT2D eigenvalue weighted by atomic mass is 16.5. The second kappa shape index (κ2) is 7.58. The Morgan fingerprint density at radius 2 is 1.70 bits per heavy atom. The lowest BCUT2D eigenvalue weighted by Gasteiger charge is -2.06. The first-order valence-corrected chi connectivity index (χ1v) is 7.94. The highest BCUT2D eigenvalue weighted by Gasteiger charge is 2.07. The van der Waals surface area contributed by atoms with Gasteiger partial charge in [-0.25, -0.2) is 0 Å². The second-order valence-corrected chi connectivity index (χ2v) is 5.36. The van der Waals surface area contributed by atoms with E-state index in [2.05, 4.69) is 29.3 Å². The zero-order valence-corrected chi connectivity index (χ0v) is 13.2. The molecule has 1 heterocycles. The van der Waals surface area contributed by atoms with E-state index in [1.807, 2.05) is 42.5 Å². The second-order valence-electron chi connectivity index (χ2n) is 5.36. The van der Waals surface area contributed by atoms with E-state index in [0.717, 1.165) is 30.6 Å². The first-order valence-electron chi connectivity index (χ1n) is 7.94. The maximum absolute atomic E-state index is 5.78. The molecule has 0 fully saturated rings. The van der Waals surface area contributed by atoms with Gasteiger partial charge in [-0.15, -0.1) is 10.2 Å². The van der Waals surface area contributed by atoms with Crippen molar-refractivity contribution in [1.82, 2.24) is 10.2 Å². The van der Waals surface area contributed by atoms with Crippen molar-refractivity contribution in [2.45, 2.75) is 26.2 Å². The zero-order valence-electron chi connectivity index (χ0n) is 13.2. The van der Waals surface area contributed by atoms with Crippen LogP contribution in [0.5, 0.6) is 5.75 Å². The maximum atomic E-state index is 5.78. The SMILES string of the molecule is CCCc1nnc(-c2ccc(OCCc3ccccc3)cc2)o1. The highest BCUT2D eigenvalue weighted by Crippen LogP contribution is 2.21. The van der Waals surface area contributed by atoms with Gasteiger partial charge >= 0.3 is 0 Å². The topological polar surface area (TPSA) is 48.2 Å². The molecule has 0 amide bonds. The quantitative estimate of drug-likeness (QED) is 0.652. The summed E-state index contributed by atoms with van der Waals surface area (Å²) in [6, 6.07) is 18.1. The predicted octanol–water partition coefficient (Wildman–Crippen LogP) is 4.31. The molecule has 4 nitrogen and oxygen atoms in total. The molecule has 0 aliphatic rings. The van der Waals surface area contributed by atoms with Crippen molar-refractivity contribution in [2.24, 2.45) is 0 Å². The molecule has 23 heavy (non-hydrogen) atoms. The molecule has 3 aromatic rings. The molecule has 0 spiro atoms.